The van der Waals surface area contributed by atoms with Crippen LogP contribution >= 0.6 is 0 Å². The molecule has 1 heterocycles. The summed E-state index contributed by atoms with van der Waals surface area (Å²) in [5.41, 5.74) is 5.03. The van der Waals surface area contributed by atoms with Gasteiger partial charge in [-0.3, -0.25) is 48.4 Å². The Morgan fingerprint density at radius 1 is 0.507 bits per heavy atom. The monoisotopic (exact) mass is 1030 g/mol. The minimum Gasteiger partial charge on any atom is -0.480 e. The molecule has 14 N–H and O–H groups in total. The molecule has 29 heteroatoms. The third kappa shape index (κ3) is 35.0. The van der Waals surface area contributed by atoms with Crippen molar-refractivity contribution in [3.63, 3.8) is 0 Å². The summed E-state index contributed by atoms with van der Waals surface area (Å²) < 4.78 is 32.4. The molecular formula is C42H80N8O21. The minimum absolute atomic E-state index is 0.00432. The van der Waals surface area contributed by atoms with Gasteiger partial charge in [-0.1, -0.05) is 0 Å². The van der Waals surface area contributed by atoms with Gasteiger partial charge in [0, 0.05) is 84.8 Å². The first kappa shape index (κ1) is 65.2. The van der Waals surface area contributed by atoms with Gasteiger partial charge in [0.05, 0.1) is 112 Å². The lowest BCUT2D eigenvalue weighted by Crippen LogP contribution is -2.53. The average Bonchev–Trinajstić information content (AvgIpc) is 3.31. The van der Waals surface area contributed by atoms with E-state index in [1.54, 1.807) is 19.6 Å². The Kier molecular flexibility index (Phi) is 37.3. The molecular weight excluding hydrogens is 952 g/mol. The van der Waals surface area contributed by atoms with Crippen LogP contribution in [-0.2, 0) is 57.2 Å². The van der Waals surface area contributed by atoms with Gasteiger partial charge in [-0.25, -0.2) is 0 Å². The smallest absolute Gasteiger partial charge is 0.317 e. The van der Waals surface area contributed by atoms with Crippen LogP contribution in [0, 0.1) is 0 Å². The molecule has 0 aliphatic carbocycles. The lowest BCUT2D eigenvalue weighted by Gasteiger charge is -2.33. The summed E-state index contributed by atoms with van der Waals surface area (Å²) in [6, 6.07) is -1.28. The number of hydrogen-bond donors (Lipinski definition) is 13. The van der Waals surface area contributed by atoms with Gasteiger partial charge in [-0.05, 0) is 6.42 Å². The molecule has 414 valence electrons. The lowest BCUT2D eigenvalue weighted by atomic mass is 10.0. The molecule has 29 nitrogen and oxygen atoms in total. The van der Waals surface area contributed by atoms with Gasteiger partial charge in [0.15, 0.2) is 6.29 Å². The van der Waals surface area contributed by atoms with Crippen LogP contribution in [0.25, 0.3) is 0 Å². The molecule has 0 aromatic carbocycles. The number of aliphatic hydroxyl groups excluding tert-OH is 6. The Labute approximate surface area is 413 Å². The molecule has 0 spiro atoms. The number of carbonyl (C=O) groups is 6. The van der Waals surface area contributed by atoms with Crippen LogP contribution in [0.2, 0.25) is 0 Å². The number of nitrogens with one attached hydrogen (secondary N) is 3. The van der Waals surface area contributed by atoms with Crippen LogP contribution in [0.5, 0.6) is 0 Å². The van der Waals surface area contributed by atoms with Gasteiger partial charge >= 0.3 is 11.9 Å². The average molecular weight is 1030 g/mol. The van der Waals surface area contributed by atoms with Gasteiger partial charge in [-0.2, -0.15) is 0 Å². The molecule has 5 atom stereocenters. The molecule has 1 rings (SSSR count). The van der Waals surface area contributed by atoms with Crippen LogP contribution in [0.3, 0.4) is 0 Å². The Balaban J connectivity index is 2.76. The summed E-state index contributed by atoms with van der Waals surface area (Å²) in [7, 11) is 0. The summed E-state index contributed by atoms with van der Waals surface area (Å²) >= 11 is 0. The number of hydrogen-bond acceptors (Lipinski definition) is 23. The fourth-order valence-corrected chi connectivity index (χ4v) is 6.57. The van der Waals surface area contributed by atoms with Crippen molar-refractivity contribution in [2.75, 3.05) is 178 Å². The van der Waals surface area contributed by atoms with Crippen molar-refractivity contribution in [2.45, 2.75) is 56.0 Å². The van der Waals surface area contributed by atoms with Crippen LogP contribution in [-0.4, -0.2) is 315 Å². The molecule has 0 radical (unpaired) electrons. The maximum Gasteiger partial charge on any atom is 0.317 e. The first-order valence-corrected chi connectivity index (χ1v) is 23.5. The Morgan fingerprint density at radius 3 is 1.34 bits per heavy atom. The van der Waals surface area contributed by atoms with Crippen molar-refractivity contribution in [2.24, 2.45) is 5.73 Å². The summed E-state index contributed by atoms with van der Waals surface area (Å²) in [5, 5.41) is 94.9. The van der Waals surface area contributed by atoms with Gasteiger partial charge in [-0.15, -0.1) is 0 Å². The third-order valence-corrected chi connectivity index (χ3v) is 10.5. The minimum atomic E-state index is -1.93. The number of aliphatic hydroxyl groups is 7. The number of carboxylic acid groups (broad SMARTS) is 2. The Bertz CT molecular complexity index is 1480. The second-order valence-electron chi connectivity index (χ2n) is 16.3. The molecule has 1 fully saturated rings. The van der Waals surface area contributed by atoms with E-state index in [4.69, 9.17) is 39.3 Å². The maximum absolute atomic E-state index is 13.6. The van der Waals surface area contributed by atoms with E-state index in [1.807, 2.05) is 0 Å². The van der Waals surface area contributed by atoms with Gasteiger partial charge in [0.25, 0.3) is 0 Å². The van der Waals surface area contributed by atoms with E-state index in [2.05, 4.69) is 16.0 Å². The summed E-state index contributed by atoms with van der Waals surface area (Å²) in [6.07, 6.45) is -9.52. The van der Waals surface area contributed by atoms with Crippen molar-refractivity contribution in [3.8, 4) is 0 Å². The number of rotatable bonds is 40. The summed E-state index contributed by atoms with van der Waals surface area (Å²) in [4.78, 5) is 80.3. The van der Waals surface area contributed by atoms with E-state index in [0.717, 1.165) is 0 Å². The molecule has 71 heavy (non-hydrogen) atoms. The highest BCUT2D eigenvalue weighted by Crippen LogP contribution is 2.07. The number of aliphatic carboxylic acids is 2. The molecule has 0 saturated carbocycles. The summed E-state index contributed by atoms with van der Waals surface area (Å²) in [5.74, 6) is -4.66. The van der Waals surface area contributed by atoms with Gasteiger partial charge in [0.1, 0.15) is 24.4 Å². The summed E-state index contributed by atoms with van der Waals surface area (Å²) in [6.45, 7) is 2.30. The number of ether oxygens (including phenoxy) is 6. The topological polar surface area (TPSA) is 415 Å². The van der Waals surface area contributed by atoms with Crippen LogP contribution < -0.4 is 21.7 Å². The first-order chi connectivity index (χ1) is 33.9. The number of carbonyl (C=O) groups excluding carboxylic acids is 4. The van der Waals surface area contributed by atoms with Crippen molar-refractivity contribution >= 4 is 35.6 Å². The van der Waals surface area contributed by atoms with E-state index in [9.17, 15) is 69.6 Å². The van der Waals surface area contributed by atoms with Crippen LogP contribution in [0.1, 0.15) is 19.3 Å². The third-order valence-electron chi connectivity index (χ3n) is 10.5. The highest BCUT2D eigenvalue weighted by molar-refractivity contribution is 5.89. The van der Waals surface area contributed by atoms with E-state index >= 15 is 0 Å². The van der Waals surface area contributed by atoms with Crippen LogP contribution in [0.15, 0.2) is 0 Å². The van der Waals surface area contributed by atoms with Crippen LogP contribution in [0.4, 0.5) is 0 Å². The van der Waals surface area contributed by atoms with E-state index in [-0.39, 0.29) is 137 Å². The first-order valence-electron chi connectivity index (χ1n) is 23.5. The predicted octanol–water partition coefficient (Wildman–Crippen LogP) is -8.40. The molecule has 0 bridgehead atoms. The number of amides is 4. The largest absolute Gasteiger partial charge is 0.480 e. The Hall–Kier alpha value is -3.86. The van der Waals surface area contributed by atoms with Crippen molar-refractivity contribution in [1.82, 2.24) is 35.6 Å². The van der Waals surface area contributed by atoms with E-state index in [0.29, 0.717) is 46.2 Å². The zero-order valence-corrected chi connectivity index (χ0v) is 40.5. The number of carboxylic acids is 2. The molecule has 1 aliphatic heterocycles. The normalized spacial score (nSPS) is 17.1. The maximum atomic E-state index is 13.6. The van der Waals surface area contributed by atoms with Crippen molar-refractivity contribution in [1.29, 1.82) is 0 Å². The molecule has 1 saturated heterocycles. The fraction of sp³-hybridized carbons (Fsp3) is 0.857. The quantitative estimate of drug-likeness (QED) is 0.0200. The lowest BCUT2D eigenvalue weighted by molar-refractivity contribution is -0.140. The second-order valence-corrected chi connectivity index (χ2v) is 16.3. The second kappa shape index (κ2) is 40.6. The number of primary amides is 1. The van der Waals surface area contributed by atoms with Crippen molar-refractivity contribution in [3.05, 3.63) is 0 Å². The molecule has 0 aromatic rings. The van der Waals surface area contributed by atoms with E-state index in [1.165, 1.54) is 0 Å². The van der Waals surface area contributed by atoms with Crippen molar-refractivity contribution < 1.29 is 103 Å². The zero-order valence-electron chi connectivity index (χ0n) is 40.5. The highest BCUT2D eigenvalue weighted by atomic mass is 16.6. The van der Waals surface area contributed by atoms with Gasteiger partial charge in [0.2, 0.25) is 23.6 Å². The molecule has 0 unspecified atom stereocenters. The predicted molar refractivity (Wildman–Crippen MR) is 246 cm³/mol. The molecule has 1 aliphatic rings. The SMILES string of the molecule is NC(=O)CCOCCOCCOCCOCCOCCOCCNC(=O)[C@@H](CCC(=O)NC[C@H](O)[C@@H](O)[C@H](O)[C@H](O)CO)NC(=O)CN1CCN(CC(=O)O)CCN(CC(=O)O)CCN(CC(O)O)CC1. The fourth-order valence-electron chi connectivity index (χ4n) is 6.57. The molecule has 4 amide bonds. The van der Waals surface area contributed by atoms with Gasteiger partial charge < -0.3 is 96.1 Å². The number of nitrogens with two attached hydrogens (primary N) is 1. The Morgan fingerprint density at radius 2 is 0.915 bits per heavy atom. The number of β-amino-alcohol motifs (C(OH)–C–C–N with tert-alkyl or cyclic N) is 2. The van der Waals surface area contributed by atoms with E-state index < -0.39 is 85.5 Å². The number of nitrogens with zero attached hydrogens (tertiary/aromatic N) is 4. The standard InChI is InChI=1S/C42H80N8O21/c43-34(54)3-13-66-15-17-68-19-21-70-23-24-71-22-20-69-18-16-67-14-4-44-42(65)31(1-2-35(55)45-25-32(52)40(63)41(64)33(53)30-51)46-36(56)26-47-5-7-48(27-37(57)58)9-11-50(29-39(61)62)12-10-49(8-6-47)28-38(59)60/h31-33,37,40-41,51-53,57-58,63-64H,1-30H2,(H2,43,54)(H,44,65)(H,45,55)(H,46,56)(H,59,60)(H,61,62)/t31-,32+,33-,40-,41-/m1/s1. The zero-order chi connectivity index (χ0) is 52.8. The highest BCUT2D eigenvalue weighted by Gasteiger charge is 2.31. The molecule has 0 aromatic heterocycles.